The van der Waals surface area contributed by atoms with E-state index in [4.69, 9.17) is 15.2 Å². The Morgan fingerprint density at radius 3 is 2.73 bits per heavy atom. The zero-order valence-corrected chi connectivity index (χ0v) is 8.41. The van der Waals surface area contributed by atoms with Gasteiger partial charge in [0.2, 0.25) is 0 Å². The fourth-order valence-electron chi connectivity index (χ4n) is 1.50. The van der Waals surface area contributed by atoms with Crippen LogP contribution in [0.4, 0.5) is 4.39 Å². The third-order valence-electron chi connectivity index (χ3n) is 2.37. The van der Waals surface area contributed by atoms with Crippen LogP contribution >= 0.6 is 0 Å². The van der Waals surface area contributed by atoms with Gasteiger partial charge < -0.3 is 15.2 Å². The molecule has 0 aromatic heterocycles. The maximum Gasteiger partial charge on any atom is 0.161 e. The molecule has 0 radical (unpaired) electrons. The molecule has 82 valence electrons. The molecule has 0 spiro atoms. The molecule has 15 heavy (non-hydrogen) atoms. The Labute approximate surface area is 88.0 Å². The summed E-state index contributed by atoms with van der Waals surface area (Å²) >= 11 is 0. The van der Waals surface area contributed by atoms with E-state index in [9.17, 15) is 4.39 Å². The predicted octanol–water partition coefficient (Wildman–Crippen LogP) is 1.82. The lowest BCUT2D eigenvalue weighted by Crippen LogP contribution is -2.12. The third-order valence-corrected chi connectivity index (χ3v) is 2.37. The molecule has 4 heteroatoms. The SMILES string of the molecule is NC(CF)c1ccc2c(c1)OCCCO2. The number of benzene rings is 1. The van der Waals surface area contributed by atoms with E-state index in [2.05, 4.69) is 0 Å². The summed E-state index contributed by atoms with van der Waals surface area (Å²) in [6.45, 7) is 0.711. The van der Waals surface area contributed by atoms with Crippen molar-refractivity contribution in [3.05, 3.63) is 23.8 Å². The highest BCUT2D eigenvalue weighted by Gasteiger charge is 2.13. The Bertz CT molecular complexity index is 343. The highest BCUT2D eigenvalue weighted by molar-refractivity contribution is 5.44. The van der Waals surface area contributed by atoms with Crippen LogP contribution in [0.15, 0.2) is 18.2 Å². The van der Waals surface area contributed by atoms with Gasteiger partial charge in [0.15, 0.2) is 11.5 Å². The lowest BCUT2D eigenvalue weighted by atomic mass is 10.1. The summed E-state index contributed by atoms with van der Waals surface area (Å²) in [6.07, 6.45) is 0.860. The topological polar surface area (TPSA) is 44.5 Å². The van der Waals surface area contributed by atoms with Crippen LogP contribution < -0.4 is 15.2 Å². The van der Waals surface area contributed by atoms with Gasteiger partial charge >= 0.3 is 0 Å². The molecule has 1 aromatic rings. The van der Waals surface area contributed by atoms with Crippen molar-refractivity contribution in [2.75, 3.05) is 19.9 Å². The second-order valence-corrected chi connectivity index (χ2v) is 3.52. The minimum absolute atomic E-state index is 0.570. The van der Waals surface area contributed by atoms with E-state index in [1.165, 1.54) is 0 Å². The summed E-state index contributed by atoms with van der Waals surface area (Å²) in [5.41, 5.74) is 6.33. The van der Waals surface area contributed by atoms with Gasteiger partial charge in [0.05, 0.1) is 19.3 Å². The number of rotatable bonds is 2. The van der Waals surface area contributed by atoms with Crippen LogP contribution in [-0.2, 0) is 0 Å². The van der Waals surface area contributed by atoms with Gasteiger partial charge in [-0.2, -0.15) is 0 Å². The van der Waals surface area contributed by atoms with Crippen molar-refractivity contribution in [2.45, 2.75) is 12.5 Å². The molecule has 2 N–H and O–H groups in total. The number of hydrogen-bond acceptors (Lipinski definition) is 3. The number of nitrogens with two attached hydrogens (primary N) is 1. The maximum absolute atomic E-state index is 12.4. The average molecular weight is 211 g/mol. The standard InChI is InChI=1S/C11H14FNO2/c12-7-9(13)8-2-3-10-11(6-8)15-5-1-4-14-10/h2-3,6,9H,1,4-5,7,13H2. The number of ether oxygens (including phenoxy) is 2. The van der Waals surface area contributed by atoms with E-state index in [0.29, 0.717) is 24.7 Å². The van der Waals surface area contributed by atoms with Gasteiger partial charge in [-0.15, -0.1) is 0 Å². The second-order valence-electron chi connectivity index (χ2n) is 3.52. The molecule has 1 aliphatic heterocycles. The zero-order chi connectivity index (χ0) is 10.7. The minimum Gasteiger partial charge on any atom is -0.490 e. The number of hydrogen-bond donors (Lipinski definition) is 1. The van der Waals surface area contributed by atoms with Gasteiger partial charge in [-0.1, -0.05) is 6.07 Å². The van der Waals surface area contributed by atoms with E-state index < -0.39 is 12.7 Å². The van der Waals surface area contributed by atoms with Gasteiger partial charge in [0.25, 0.3) is 0 Å². The molecule has 0 bridgehead atoms. The molecule has 1 atom stereocenters. The fourth-order valence-corrected chi connectivity index (χ4v) is 1.50. The molecule has 2 rings (SSSR count). The van der Waals surface area contributed by atoms with Gasteiger partial charge in [0.1, 0.15) is 6.67 Å². The Morgan fingerprint density at radius 1 is 1.27 bits per heavy atom. The van der Waals surface area contributed by atoms with Crippen LogP contribution in [0, 0.1) is 0 Å². The molecule has 0 fully saturated rings. The molecule has 3 nitrogen and oxygen atoms in total. The zero-order valence-electron chi connectivity index (χ0n) is 8.41. The largest absolute Gasteiger partial charge is 0.490 e. The molecule has 1 aliphatic rings. The highest BCUT2D eigenvalue weighted by Crippen LogP contribution is 2.31. The van der Waals surface area contributed by atoms with Gasteiger partial charge in [-0.3, -0.25) is 0 Å². The molecular weight excluding hydrogens is 197 g/mol. The first kappa shape index (κ1) is 10.2. The van der Waals surface area contributed by atoms with E-state index in [-0.39, 0.29) is 0 Å². The number of alkyl halides is 1. The van der Waals surface area contributed by atoms with Crippen molar-refractivity contribution >= 4 is 0 Å². The molecule has 0 saturated heterocycles. The van der Waals surface area contributed by atoms with E-state index >= 15 is 0 Å². The van der Waals surface area contributed by atoms with E-state index in [1.54, 1.807) is 18.2 Å². The van der Waals surface area contributed by atoms with Crippen LogP contribution in [0.2, 0.25) is 0 Å². The summed E-state index contributed by atoms with van der Waals surface area (Å²) in [6, 6.07) is 4.73. The molecule has 1 heterocycles. The predicted molar refractivity (Wildman–Crippen MR) is 55.0 cm³/mol. The third kappa shape index (κ3) is 2.21. The molecular formula is C11H14FNO2. The fraction of sp³-hybridized carbons (Fsp3) is 0.455. The van der Waals surface area contributed by atoms with Crippen LogP contribution in [0.3, 0.4) is 0 Å². The van der Waals surface area contributed by atoms with Crippen molar-refractivity contribution in [2.24, 2.45) is 5.73 Å². The quantitative estimate of drug-likeness (QED) is 0.811. The Balaban J connectivity index is 2.27. The smallest absolute Gasteiger partial charge is 0.161 e. The number of fused-ring (bicyclic) bond motifs is 1. The average Bonchev–Trinajstić information content (AvgIpc) is 2.51. The van der Waals surface area contributed by atoms with Crippen molar-refractivity contribution < 1.29 is 13.9 Å². The summed E-state index contributed by atoms with van der Waals surface area (Å²) in [5.74, 6) is 1.37. The highest BCUT2D eigenvalue weighted by atomic mass is 19.1. The van der Waals surface area contributed by atoms with Crippen molar-refractivity contribution in [1.29, 1.82) is 0 Å². The van der Waals surface area contributed by atoms with Crippen LogP contribution in [0.5, 0.6) is 11.5 Å². The Hall–Kier alpha value is -1.29. The minimum atomic E-state index is -0.581. The van der Waals surface area contributed by atoms with Crippen molar-refractivity contribution in [3.63, 3.8) is 0 Å². The first-order chi connectivity index (χ1) is 7.31. The van der Waals surface area contributed by atoms with Crippen molar-refractivity contribution in [1.82, 2.24) is 0 Å². The van der Waals surface area contributed by atoms with E-state index in [0.717, 1.165) is 12.0 Å². The van der Waals surface area contributed by atoms with Crippen LogP contribution in [-0.4, -0.2) is 19.9 Å². The second kappa shape index (κ2) is 4.49. The van der Waals surface area contributed by atoms with Gasteiger partial charge in [-0.25, -0.2) is 4.39 Å². The van der Waals surface area contributed by atoms with E-state index in [1.807, 2.05) is 0 Å². The van der Waals surface area contributed by atoms with Crippen LogP contribution in [0.25, 0.3) is 0 Å². The van der Waals surface area contributed by atoms with Crippen LogP contribution in [0.1, 0.15) is 18.0 Å². The summed E-state index contributed by atoms with van der Waals surface area (Å²) in [7, 11) is 0. The normalized spacial score (nSPS) is 16.9. The lowest BCUT2D eigenvalue weighted by molar-refractivity contribution is 0.297. The Morgan fingerprint density at radius 2 is 2.00 bits per heavy atom. The number of halogens is 1. The molecule has 1 aromatic carbocycles. The molecule has 0 amide bonds. The molecule has 0 aliphatic carbocycles. The van der Waals surface area contributed by atoms with Crippen molar-refractivity contribution in [3.8, 4) is 11.5 Å². The summed E-state index contributed by atoms with van der Waals surface area (Å²) in [4.78, 5) is 0. The maximum atomic E-state index is 12.4. The molecule has 1 unspecified atom stereocenters. The lowest BCUT2D eigenvalue weighted by Gasteiger charge is -2.11. The van der Waals surface area contributed by atoms with Gasteiger partial charge in [-0.05, 0) is 17.7 Å². The summed E-state index contributed by atoms with van der Waals surface area (Å²) < 4.78 is 23.3. The van der Waals surface area contributed by atoms with Gasteiger partial charge in [0, 0.05) is 6.42 Å². The monoisotopic (exact) mass is 211 g/mol. The molecule has 0 saturated carbocycles. The first-order valence-corrected chi connectivity index (χ1v) is 5.02. The first-order valence-electron chi connectivity index (χ1n) is 5.02. The summed E-state index contributed by atoms with van der Waals surface area (Å²) in [5, 5.41) is 0. The Kier molecular flexibility index (Phi) is 3.06.